The zero-order valence-electron chi connectivity index (χ0n) is 15.3. The summed E-state index contributed by atoms with van der Waals surface area (Å²) in [4.78, 5) is 21.7. The van der Waals surface area contributed by atoms with Gasteiger partial charge in [-0.05, 0) is 37.1 Å². The molecular formula is C19H23O7P. The molecule has 0 amide bonds. The van der Waals surface area contributed by atoms with Crippen LogP contribution in [0.3, 0.4) is 0 Å². The van der Waals surface area contributed by atoms with Gasteiger partial charge in [-0.3, -0.25) is 4.79 Å². The van der Waals surface area contributed by atoms with Crippen molar-refractivity contribution in [3.63, 3.8) is 0 Å². The van der Waals surface area contributed by atoms with Crippen molar-refractivity contribution in [3.05, 3.63) is 65.7 Å². The molecule has 7 nitrogen and oxygen atoms in total. The molecule has 0 radical (unpaired) electrons. The maximum absolute atomic E-state index is 12.9. The van der Waals surface area contributed by atoms with E-state index in [1.54, 1.807) is 38.1 Å². The molecule has 0 aliphatic rings. The number of hydrogen-bond donors (Lipinski definition) is 0. The summed E-state index contributed by atoms with van der Waals surface area (Å²) < 4.78 is 28.0. The van der Waals surface area contributed by atoms with Crippen molar-refractivity contribution in [2.45, 2.75) is 26.9 Å². The minimum atomic E-state index is -3.83. The fraction of sp³-hybridized carbons (Fsp3) is 0.316. The van der Waals surface area contributed by atoms with Crippen LogP contribution in [0.5, 0.6) is 0 Å². The van der Waals surface area contributed by atoms with Gasteiger partial charge in [0.2, 0.25) is 0 Å². The van der Waals surface area contributed by atoms with Crippen LogP contribution in [0.15, 0.2) is 54.6 Å². The van der Waals surface area contributed by atoms with Crippen LogP contribution < -0.4 is 5.30 Å². The number of benzene rings is 2. The molecule has 2 rings (SSSR count). The van der Waals surface area contributed by atoms with Gasteiger partial charge in [0.15, 0.2) is 0 Å². The first-order valence-electron chi connectivity index (χ1n) is 8.59. The molecule has 0 fully saturated rings. The first-order chi connectivity index (χ1) is 13.1. The smallest absolute Gasteiger partial charge is 0.414 e. The van der Waals surface area contributed by atoms with Crippen LogP contribution in [-0.4, -0.2) is 19.2 Å². The normalized spacial score (nSPS) is 11.3. The zero-order valence-corrected chi connectivity index (χ0v) is 16.2. The molecule has 0 heterocycles. The molecule has 0 unspecified atom stereocenters. The van der Waals surface area contributed by atoms with E-state index in [9.17, 15) is 9.36 Å². The summed E-state index contributed by atoms with van der Waals surface area (Å²) in [6.07, 6.45) is 0.0178. The van der Waals surface area contributed by atoms with Crippen LogP contribution in [0.4, 0.5) is 0 Å². The van der Waals surface area contributed by atoms with E-state index in [0.717, 1.165) is 5.56 Å². The Labute approximate surface area is 158 Å². The van der Waals surface area contributed by atoms with Crippen molar-refractivity contribution >= 4 is 18.9 Å². The van der Waals surface area contributed by atoms with E-state index < -0.39 is 13.6 Å². The molecule has 0 bridgehead atoms. The average molecular weight is 394 g/mol. The van der Waals surface area contributed by atoms with Crippen LogP contribution >= 0.6 is 7.60 Å². The SMILES string of the molecule is CCOOP(=O)(OOCC)c1cccc(CC(=O)OCc2ccccc2)c1. The molecule has 0 aliphatic heterocycles. The Kier molecular flexibility index (Phi) is 8.64. The van der Waals surface area contributed by atoms with E-state index in [1.807, 2.05) is 30.3 Å². The van der Waals surface area contributed by atoms with E-state index in [2.05, 4.69) is 0 Å². The maximum Gasteiger partial charge on any atom is 0.414 e. The van der Waals surface area contributed by atoms with Gasteiger partial charge >= 0.3 is 13.6 Å². The third-order valence-electron chi connectivity index (χ3n) is 3.36. The third-order valence-corrected chi connectivity index (χ3v) is 4.87. The first-order valence-corrected chi connectivity index (χ1v) is 10.1. The lowest BCUT2D eigenvalue weighted by Gasteiger charge is -2.16. The van der Waals surface area contributed by atoms with Gasteiger partial charge in [-0.1, -0.05) is 42.5 Å². The highest BCUT2D eigenvalue weighted by Gasteiger charge is 2.31. The van der Waals surface area contributed by atoms with E-state index in [1.165, 1.54) is 0 Å². The van der Waals surface area contributed by atoms with Gasteiger partial charge in [-0.2, -0.15) is 0 Å². The molecule has 2 aromatic rings. The van der Waals surface area contributed by atoms with Crippen LogP contribution in [0.25, 0.3) is 0 Å². The van der Waals surface area contributed by atoms with Crippen LogP contribution in [-0.2, 0) is 46.2 Å². The van der Waals surface area contributed by atoms with Crippen LogP contribution in [0.1, 0.15) is 25.0 Å². The second-order valence-electron chi connectivity index (χ2n) is 5.45. The molecule has 27 heavy (non-hydrogen) atoms. The molecule has 2 aromatic carbocycles. The number of carbonyl (C=O) groups excluding carboxylic acids is 1. The molecule has 0 saturated carbocycles. The minimum absolute atomic E-state index is 0.0178. The number of hydrogen-bond acceptors (Lipinski definition) is 7. The number of ether oxygens (including phenoxy) is 1. The topological polar surface area (TPSA) is 80.3 Å². The predicted octanol–water partition coefficient (Wildman–Crippen LogP) is 3.73. The highest BCUT2D eigenvalue weighted by molar-refractivity contribution is 7.62. The van der Waals surface area contributed by atoms with Crippen molar-refractivity contribution in [1.82, 2.24) is 0 Å². The largest absolute Gasteiger partial charge is 0.461 e. The van der Waals surface area contributed by atoms with Crippen molar-refractivity contribution < 1.29 is 33.2 Å². The van der Waals surface area contributed by atoms with Gasteiger partial charge in [0, 0.05) is 0 Å². The number of esters is 1. The highest BCUT2D eigenvalue weighted by atomic mass is 31.2. The maximum atomic E-state index is 12.9. The molecule has 0 aliphatic carbocycles. The van der Waals surface area contributed by atoms with Crippen LogP contribution in [0.2, 0.25) is 0 Å². The summed E-state index contributed by atoms with van der Waals surface area (Å²) in [5, 5.41) is 0.220. The van der Waals surface area contributed by atoms with Gasteiger partial charge in [0.25, 0.3) is 0 Å². The van der Waals surface area contributed by atoms with Crippen molar-refractivity contribution in [3.8, 4) is 0 Å². The Morgan fingerprint density at radius 3 is 2.15 bits per heavy atom. The fourth-order valence-electron chi connectivity index (χ4n) is 2.14. The monoisotopic (exact) mass is 394 g/mol. The Hall–Kier alpha value is -2.02. The summed E-state index contributed by atoms with van der Waals surface area (Å²) in [5.41, 5.74) is 1.50. The molecule has 0 spiro atoms. The van der Waals surface area contributed by atoms with Gasteiger partial charge in [0.1, 0.15) is 6.61 Å². The number of rotatable bonds is 11. The van der Waals surface area contributed by atoms with Crippen molar-refractivity contribution in [2.75, 3.05) is 13.2 Å². The second-order valence-corrected chi connectivity index (χ2v) is 7.26. The summed E-state index contributed by atoms with van der Waals surface area (Å²) in [7, 11) is -3.83. The summed E-state index contributed by atoms with van der Waals surface area (Å²) >= 11 is 0. The Morgan fingerprint density at radius 2 is 1.52 bits per heavy atom. The van der Waals surface area contributed by atoms with Crippen molar-refractivity contribution in [2.24, 2.45) is 0 Å². The van der Waals surface area contributed by atoms with Gasteiger partial charge < -0.3 is 4.74 Å². The lowest BCUT2D eigenvalue weighted by molar-refractivity contribution is -0.260. The van der Waals surface area contributed by atoms with E-state index in [0.29, 0.717) is 5.56 Å². The van der Waals surface area contributed by atoms with Crippen LogP contribution in [0, 0.1) is 0 Å². The van der Waals surface area contributed by atoms with Gasteiger partial charge in [-0.25, -0.2) is 14.3 Å². The summed E-state index contributed by atoms with van der Waals surface area (Å²) in [5.74, 6) is -0.401. The molecule has 0 saturated heterocycles. The molecule has 0 atom stereocenters. The summed E-state index contributed by atoms with van der Waals surface area (Å²) in [6, 6.07) is 15.9. The fourth-order valence-corrected chi connectivity index (χ4v) is 3.41. The predicted molar refractivity (Wildman–Crippen MR) is 99.0 cm³/mol. The highest BCUT2D eigenvalue weighted by Crippen LogP contribution is 2.47. The standard InChI is InChI=1S/C19H23O7P/c1-3-23-25-27(21,26-24-4-2)18-12-8-11-17(13-18)14-19(20)22-15-16-9-6-5-7-10-16/h5-13H,3-4,14-15H2,1-2H3. The average Bonchev–Trinajstić information content (AvgIpc) is 2.70. The first kappa shape index (κ1) is 21.3. The van der Waals surface area contributed by atoms with E-state index in [-0.39, 0.29) is 31.5 Å². The molecule has 146 valence electrons. The zero-order chi connectivity index (χ0) is 19.5. The quantitative estimate of drug-likeness (QED) is 0.249. The third kappa shape index (κ3) is 6.90. The Bertz CT molecular complexity index is 752. The number of carbonyl (C=O) groups is 1. The van der Waals surface area contributed by atoms with E-state index >= 15 is 0 Å². The minimum Gasteiger partial charge on any atom is -0.461 e. The summed E-state index contributed by atoms with van der Waals surface area (Å²) in [6.45, 7) is 3.93. The second kappa shape index (κ2) is 11.0. The Morgan fingerprint density at radius 1 is 0.889 bits per heavy atom. The molecule has 0 aromatic heterocycles. The molecule has 8 heteroatoms. The molecule has 0 N–H and O–H groups in total. The van der Waals surface area contributed by atoms with Crippen molar-refractivity contribution in [1.29, 1.82) is 0 Å². The lowest BCUT2D eigenvalue weighted by atomic mass is 10.1. The van der Waals surface area contributed by atoms with E-state index in [4.69, 9.17) is 23.9 Å². The lowest BCUT2D eigenvalue weighted by Crippen LogP contribution is -2.14. The van der Waals surface area contributed by atoms with Gasteiger partial charge in [-0.15, -0.1) is 9.35 Å². The molecular weight excluding hydrogens is 371 g/mol. The van der Waals surface area contributed by atoms with Gasteiger partial charge in [0.05, 0.1) is 24.9 Å². The Balaban J connectivity index is 2.03.